The number of carbonyl (C=O) groups excluding carboxylic acids is 1. The molecule has 1 aliphatic rings. The zero-order valence-corrected chi connectivity index (χ0v) is 13.4. The van der Waals surface area contributed by atoms with Gasteiger partial charge in [0.2, 0.25) is 0 Å². The minimum Gasteiger partial charge on any atom is -0.331 e. The predicted octanol–water partition coefficient (Wildman–Crippen LogP) is 1.68. The topological polar surface area (TPSA) is 80.8 Å². The van der Waals surface area contributed by atoms with E-state index in [0.29, 0.717) is 24.2 Å². The standard InChI is InChI=1S/C17H18N4O3/c1-13-5-6-14(12-15(13)21(23)24)17(22)20-10-8-19(9-11-20)16-4-2-3-7-18-16/h2-7,12H,8-11H2,1H3/p+1. The van der Waals surface area contributed by atoms with Crippen LogP contribution >= 0.6 is 0 Å². The van der Waals surface area contributed by atoms with Gasteiger partial charge in [0.1, 0.15) is 13.1 Å². The number of carbonyl (C=O) groups is 1. The molecule has 1 aromatic heterocycles. The van der Waals surface area contributed by atoms with Crippen molar-refractivity contribution in [3.05, 3.63) is 63.8 Å². The maximum atomic E-state index is 12.6. The summed E-state index contributed by atoms with van der Waals surface area (Å²) < 4.78 is 0. The summed E-state index contributed by atoms with van der Waals surface area (Å²) in [5.74, 6) is 0.866. The molecule has 0 atom stereocenters. The van der Waals surface area contributed by atoms with Gasteiger partial charge in [0, 0.05) is 23.3 Å². The SMILES string of the molecule is Cc1ccc(C(=O)N2CCN(c3cccc[nH+]3)CC2)cc1[N+](=O)[O-]. The molecule has 1 saturated heterocycles. The molecule has 7 nitrogen and oxygen atoms in total. The number of hydrogen-bond acceptors (Lipinski definition) is 4. The van der Waals surface area contributed by atoms with E-state index in [1.807, 2.05) is 24.4 Å². The maximum Gasteiger partial charge on any atom is 0.274 e. The van der Waals surface area contributed by atoms with E-state index in [1.165, 1.54) is 6.07 Å². The predicted molar refractivity (Wildman–Crippen MR) is 88.9 cm³/mol. The Morgan fingerprint density at radius 2 is 1.92 bits per heavy atom. The van der Waals surface area contributed by atoms with Gasteiger partial charge in [-0.1, -0.05) is 12.1 Å². The van der Waals surface area contributed by atoms with E-state index >= 15 is 0 Å². The Morgan fingerprint density at radius 3 is 2.54 bits per heavy atom. The summed E-state index contributed by atoms with van der Waals surface area (Å²) in [4.78, 5) is 30.3. The van der Waals surface area contributed by atoms with E-state index in [1.54, 1.807) is 24.0 Å². The fraction of sp³-hybridized carbons (Fsp3) is 0.294. The van der Waals surface area contributed by atoms with Crippen LogP contribution in [-0.4, -0.2) is 41.9 Å². The van der Waals surface area contributed by atoms with Crippen LogP contribution in [0.25, 0.3) is 0 Å². The lowest BCUT2D eigenvalue weighted by molar-refractivity contribution is -0.385. The highest BCUT2D eigenvalue weighted by Gasteiger charge is 2.27. The number of anilines is 1. The number of amides is 1. The van der Waals surface area contributed by atoms with Gasteiger partial charge in [-0.15, -0.1) is 0 Å². The van der Waals surface area contributed by atoms with Gasteiger partial charge in [-0.3, -0.25) is 19.8 Å². The number of aromatic nitrogens is 1. The molecule has 0 aliphatic carbocycles. The van der Waals surface area contributed by atoms with Crippen LogP contribution in [-0.2, 0) is 0 Å². The first-order valence-corrected chi connectivity index (χ1v) is 7.82. The van der Waals surface area contributed by atoms with Gasteiger partial charge in [-0.05, 0) is 19.1 Å². The van der Waals surface area contributed by atoms with Crippen LogP contribution in [0.4, 0.5) is 11.5 Å². The molecule has 1 fully saturated rings. The third-order valence-electron chi connectivity index (χ3n) is 4.25. The Balaban J connectivity index is 1.69. The lowest BCUT2D eigenvalue weighted by atomic mass is 10.1. The maximum absolute atomic E-state index is 12.6. The molecule has 0 saturated carbocycles. The minimum absolute atomic E-state index is 0.0154. The van der Waals surface area contributed by atoms with E-state index < -0.39 is 4.92 Å². The number of nitro benzene ring substituents is 1. The highest BCUT2D eigenvalue weighted by atomic mass is 16.6. The summed E-state index contributed by atoms with van der Waals surface area (Å²) in [5, 5.41) is 11.0. The Labute approximate surface area is 139 Å². The van der Waals surface area contributed by atoms with Crippen molar-refractivity contribution in [1.29, 1.82) is 0 Å². The third kappa shape index (κ3) is 3.19. The zero-order chi connectivity index (χ0) is 17.1. The summed E-state index contributed by atoms with van der Waals surface area (Å²) >= 11 is 0. The van der Waals surface area contributed by atoms with Crippen molar-refractivity contribution in [2.75, 3.05) is 31.1 Å². The average molecular weight is 327 g/mol. The van der Waals surface area contributed by atoms with Crippen molar-refractivity contribution in [3.63, 3.8) is 0 Å². The molecular weight excluding hydrogens is 308 g/mol. The van der Waals surface area contributed by atoms with Gasteiger partial charge in [-0.2, -0.15) is 0 Å². The normalized spacial score (nSPS) is 14.5. The van der Waals surface area contributed by atoms with Gasteiger partial charge in [-0.25, -0.2) is 4.98 Å². The molecule has 124 valence electrons. The smallest absolute Gasteiger partial charge is 0.274 e. The summed E-state index contributed by atoms with van der Waals surface area (Å²) in [7, 11) is 0. The van der Waals surface area contributed by atoms with Crippen LogP contribution in [0.5, 0.6) is 0 Å². The quantitative estimate of drug-likeness (QED) is 0.634. The fourth-order valence-corrected chi connectivity index (χ4v) is 2.85. The molecule has 0 radical (unpaired) electrons. The van der Waals surface area contributed by atoms with Crippen molar-refractivity contribution in [3.8, 4) is 0 Å². The Kier molecular flexibility index (Phi) is 4.41. The number of piperazine rings is 1. The largest absolute Gasteiger partial charge is 0.331 e. The second-order valence-corrected chi connectivity index (χ2v) is 5.79. The number of nitrogens with one attached hydrogen (secondary N) is 1. The number of rotatable bonds is 3. The van der Waals surface area contributed by atoms with Crippen molar-refractivity contribution < 1.29 is 14.7 Å². The molecule has 1 aliphatic heterocycles. The summed E-state index contributed by atoms with van der Waals surface area (Å²) in [6, 6.07) is 10.5. The number of H-pyrrole nitrogens is 1. The molecule has 0 unspecified atom stereocenters. The molecule has 1 amide bonds. The molecule has 1 N–H and O–H groups in total. The number of aryl methyl sites for hydroxylation is 1. The fourth-order valence-electron chi connectivity index (χ4n) is 2.85. The van der Waals surface area contributed by atoms with Gasteiger partial charge >= 0.3 is 0 Å². The van der Waals surface area contributed by atoms with Crippen molar-refractivity contribution in [2.24, 2.45) is 0 Å². The second kappa shape index (κ2) is 6.66. The van der Waals surface area contributed by atoms with Crippen molar-refractivity contribution >= 4 is 17.4 Å². The second-order valence-electron chi connectivity index (χ2n) is 5.79. The molecule has 0 spiro atoms. The first-order valence-electron chi connectivity index (χ1n) is 7.82. The number of aromatic amines is 1. The first-order chi connectivity index (χ1) is 11.6. The lowest BCUT2D eigenvalue weighted by Gasteiger charge is -2.31. The molecule has 1 aromatic carbocycles. The molecule has 2 heterocycles. The number of benzene rings is 1. The highest BCUT2D eigenvalue weighted by molar-refractivity contribution is 5.95. The van der Waals surface area contributed by atoms with E-state index in [0.717, 1.165) is 18.9 Å². The summed E-state index contributed by atoms with van der Waals surface area (Å²) in [6.45, 7) is 4.29. The number of nitro groups is 1. The van der Waals surface area contributed by atoms with Gasteiger partial charge in [0.25, 0.3) is 17.4 Å². The molecule has 0 bridgehead atoms. The number of pyridine rings is 1. The molecule has 3 rings (SSSR count). The number of hydrogen-bond donors (Lipinski definition) is 0. The van der Waals surface area contributed by atoms with Crippen LogP contribution in [0.1, 0.15) is 15.9 Å². The molecule has 2 aromatic rings. The zero-order valence-electron chi connectivity index (χ0n) is 13.4. The van der Waals surface area contributed by atoms with E-state index in [2.05, 4.69) is 9.88 Å². The van der Waals surface area contributed by atoms with Crippen molar-refractivity contribution in [1.82, 2.24) is 4.90 Å². The Morgan fingerprint density at radius 1 is 1.17 bits per heavy atom. The Bertz CT molecular complexity index is 756. The van der Waals surface area contributed by atoms with Gasteiger partial charge in [0.05, 0.1) is 24.2 Å². The monoisotopic (exact) mass is 327 g/mol. The summed E-state index contributed by atoms with van der Waals surface area (Å²) in [5.41, 5.74) is 0.909. The molecule has 7 heteroatoms. The first kappa shape index (κ1) is 15.9. The lowest BCUT2D eigenvalue weighted by Crippen LogP contribution is -2.50. The van der Waals surface area contributed by atoms with Gasteiger partial charge in [0.15, 0.2) is 0 Å². The molecule has 24 heavy (non-hydrogen) atoms. The van der Waals surface area contributed by atoms with Crippen LogP contribution in [0, 0.1) is 17.0 Å². The number of nitrogens with zero attached hydrogens (tertiary/aromatic N) is 3. The van der Waals surface area contributed by atoms with E-state index in [9.17, 15) is 14.9 Å². The van der Waals surface area contributed by atoms with E-state index in [-0.39, 0.29) is 11.6 Å². The average Bonchev–Trinajstić information content (AvgIpc) is 2.62. The third-order valence-corrected chi connectivity index (χ3v) is 4.25. The van der Waals surface area contributed by atoms with Crippen molar-refractivity contribution in [2.45, 2.75) is 6.92 Å². The Hall–Kier alpha value is -2.96. The van der Waals surface area contributed by atoms with Gasteiger partial charge < -0.3 is 4.90 Å². The molecular formula is C17H19N4O3+. The highest BCUT2D eigenvalue weighted by Crippen LogP contribution is 2.21. The van der Waals surface area contributed by atoms with Crippen LogP contribution in [0.2, 0.25) is 0 Å². The van der Waals surface area contributed by atoms with E-state index in [4.69, 9.17) is 0 Å². The van der Waals surface area contributed by atoms with Crippen LogP contribution in [0.15, 0.2) is 42.6 Å². The summed E-state index contributed by atoms with van der Waals surface area (Å²) in [6.07, 6.45) is 1.87. The van der Waals surface area contributed by atoms with Crippen LogP contribution in [0.3, 0.4) is 0 Å². The minimum atomic E-state index is -0.449. The van der Waals surface area contributed by atoms with Crippen LogP contribution < -0.4 is 9.88 Å².